The number of hydrogen-bond donors (Lipinski definition) is 0. The van der Waals surface area contributed by atoms with Crippen molar-refractivity contribution in [2.24, 2.45) is 0 Å². The van der Waals surface area contributed by atoms with E-state index in [0.29, 0.717) is 5.75 Å². The van der Waals surface area contributed by atoms with Crippen LogP contribution in [0.15, 0.2) is 45.1 Å². The molecule has 0 saturated heterocycles. The predicted molar refractivity (Wildman–Crippen MR) is 107 cm³/mol. The summed E-state index contributed by atoms with van der Waals surface area (Å²) in [5, 5.41) is 8.27. The van der Waals surface area contributed by atoms with Crippen LogP contribution in [0.5, 0.6) is 0 Å². The molecule has 3 aromatic rings. The number of aromatic nitrogens is 3. The number of Topliss-reactive ketones (excluding diaryl/α,β-unsaturated/α-hetero) is 1. The number of hydrogen-bond acceptors (Lipinski definition) is 6. The van der Waals surface area contributed by atoms with E-state index in [2.05, 4.69) is 33.8 Å². The maximum absolute atomic E-state index is 12.7. The van der Waals surface area contributed by atoms with E-state index >= 15 is 0 Å². The molecule has 7 heteroatoms. The van der Waals surface area contributed by atoms with Crippen molar-refractivity contribution in [1.82, 2.24) is 14.8 Å². The van der Waals surface area contributed by atoms with Gasteiger partial charge in [0.25, 0.3) is 0 Å². The highest BCUT2D eigenvalue weighted by atomic mass is 32.2. The van der Waals surface area contributed by atoms with Crippen molar-refractivity contribution in [3.8, 4) is 5.69 Å². The van der Waals surface area contributed by atoms with Crippen LogP contribution >= 0.6 is 34.9 Å². The maximum Gasteiger partial charge on any atom is 0.175 e. The summed E-state index contributed by atoms with van der Waals surface area (Å²) in [5.74, 6) is 1.48. The molecule has 4 nitrogen and oxygen atoms in total. The lowest BCUT2D eigenvalue weighted by molar-refractivity contribution is 0.102. The Labute approximate surface area is 160 Å². The summed E-state index contributed by atoms with van der Waals surface area (Å²) in [4.78, 5) is 12.7. The van der Waals surface area contributed by atoms with E-state index in [1.54, 1.807) is 23.1 Å². The van der Waals surface area contributed by atoms with E-state index in [9.17, 15) is 4.79 Å². The lowest BCUT2D eigenvalue weighted by Gasteiger charge is -2.09. The second-order valence-corrected chi connectivity index (χ2v) is 9.15. The average Bonchev–Trinajstić information content (AvgIpc) is 3.18. The van der Waals surface area contributed by atoms with Gasteiger partial charge in [-0.15, -0.1) is 10.2 Å². The number of carbonyl (C=O) groups is 1. The van der Waals surface area contributed by atoms with Crippen molar-refractivity contribution >= 4 is 40.6 Å². The van der Waals surface area contributed by atoms with Gasteiger partial charge in [0.1, 0.15) is 0 Å². The summed E-state index contributed by atoms with van der Waals surface area (Å²) < 4.78 is 3.93. The molecule has 0 fully saturated rings. The maximum atomic E-state index is 12.7. The van der Waals surface area contributed by atoms with Gasteiger partial charge in [0, 0.05) is 22.6 Å². The number of rotatable bonds is 7. The molecule has 1 aromatic carbocycles. The van der Waals surface area contributed by atoms with Crippen LogP contribution in [0.3, 0.4) is 0 Å². The molecule has 2 aromatic heterocycles. The smallest absolute Gasteiger partial charge is 0.175 e. The SMILES string of the molecule is CCSc1nnc(SCC(=O)c2cc(C)n(-c3ccccc3)c2C)s1. The molecule has 0 spiro atoms. The molecule has 0 saturated carbocycles. The first-order valence-electron chi connectivity index (χ1n) is 7.96. The highest BCUT2D eigenvalue weighted by Gasteiger charge is 2.17. The van der Waals surface area contributed by atoms with E-state index in [-0.39, 0.29) is 5.78 Å². The van der Waals surface area contributed by atoms with Crippen molar-refractivity contribution in [3.63, 3.8) is 0 Å². The van der Waals surface area contributed by atoms with Crippen LogP contribution in [-0.4, -0.2) is 32.1 Å². The van der Waals surface area contributed by atoms with E-state index in [1.165, 1.54) is 11.8 Å². The highest BCUT2D eigenvalue weighted by Crippen LogP contribution is 2.29. The zero-order chi connectivity index (χ0) is 17.8. The van der Waals surface area contributed by atoms with Crippen LogP contribution in [0.2, 0.25) is 0 Å². The summed E-state index contributed by atoms with van der Waals surface area (Å²) >= 11 is 4.69. The summed E-state index contributed by atoms with van der Waals surface area (Å²) in [5.41, 5.74) is 3.90. The number of benzene rings is 1. The average molecular weight is 390 g/mol. The van der Waals surface area contributed by atoms with Gasteiger partial charge in [-0.3, -0.25) is 4.79 Å². The van der Waals surface area contributed by atoms with Gasteiger partial charge < -0.3 is 4.57 Å². The Balaban J connectivity index is 1.74. The van der Waals surface area contributed by atoms with Crippen LogP contribution in [0.4, 0.5) is 0 Å². The Kier molecular flexibility index (Phi) is 5.98. The number of carbonyl (C=O) groups excluding carboxylic acids is 1. The normalized spacial score (nSPS) is 11.0. The van der Waals surface area contributed by atoms with Gasteiger partial charge in [0.05, 0.1) is 5.75 Å². The molecule has 0 aliphatic heterocycles. The number of para-hydroxylation sites is 1. The van der Waals surface area contributed by atoms with Crippen molar-refractivity contribution < 1.29 is 4.79 Å². The minimum Gasteiger partial charge on any atom is -0.318 e. The molecule has 3 rings (SSSR count). The van der Waals surface area contributed by atoms with Gasteiger partial charge in [0.2, 0.25) is 0 Å². The molecule has 0 aliphatic rings. The zero-order valence-electron chi connectivity index (χ0n) is 14.4. The van der Waals surface area contributed by atoms with E-state index in [1.807, 2.05) is 38.1 Å². The second kappa shape index (κ2) is 8.21. The fourth-order valence-corrected chi connectivity index (χ4v) is 5.46. The van der Waals surface area contributed by atoms with Crippen LogP contribution in [0.1, 0.15) is 28.7 Å². The Hall–Kier alpha value is -1.57. The topological polar surface area (TPSA) is 47.8 Å². The van der Waals surface area contributed by atoms with Crippen molar-refractivity contribution in [2.75, 3.05) is 11.5 Å². The molecule has 130 valence electrons. The van der Waals surface area contributed by atoms with Gasteiger partial charge in [-0.25, -0.2) is 0 Å². The second-order valence-electron chi connectivity index (χ2n) is 5.43. The van der Waals surface area contributed by atoms with Crippen molar-refractivity contribution in [2.45, 2.75) is 29.5 Å². The lowest BCUT2D eigenvalue weighted by atomic mass is 10.2. The molecule has 0 radical (unpaired) electrons. The van der Waals surface area contributed by atoms with Crippen LogP contribution in [0, 0.1) is 13.8 Å². The summed E-state index contributed by atoms with van der Waals surface area (Å²) in [7, 11) is 0. The summed E-state index contributed by atoms with van der Waals surface area (Å²) in [6, 6.07) is 12.1. The molecule has 25 heavy (non-hydrogen) atoms. The molecular formula is C18H19N3OS3. The molecule has 0 bridgehead atoms. The minimum absolute atomic E-state index is 0.125. The number of thioether (sulfide) groups is 2. The molecular weight excluding hydrogens is 370 g/mol. The van der Waals surface area contributed by atoms with E-state index in [4.69, 9.17) is 0 Å². The van der Waals surface area contributed by atoms with Crippen LogP contribution in [-0.2, 0) is 0 Å². The lowest BCUT2D eigenvalue weighted by Crippen LogP contribution is -2.05. The van der Waals surface area contributed by atoms with Crippen molar-refractivity contribution in [3.05, 3.63) is 53.3 Å². The summed E-state index contributed by atoms with van der Waals surface area (Å²) in [6.45, 7) is 6.12. The Bertz CT molecular complexity index is 871. The number of aryl methyl sites for hydroxylation is 1. The molecule has 0 N–H and O–H groups in total. The fourth-order valence-electron chi connectivity index (χ4n) is 2.66. The fraction of sp³-hybridized carbons (Fsp3) is 0.278. The largest absolute Gasteiger partial charge is 0.318 e. The van der Waals surface area contributed by atoms with Crippen LogP contribution < -0.4 is 0 Å². The first kappa shape index (κ1) is 18.2. The van der Waals surface area contributed by atoms with E-state index < -0.39 is 0 Å². The monoisotopic (exact) mass is 389 g/mol. The predicted octanol–water partition coefficient (Wildman–Crippen LogP) is 5.03. The van der Waals surface area contributed by atoms with Gasteiger partial charge >= 0.3 is 0 Å². The quantitative estimate of drug-likeness (QED) is 0.419. The van der Waals surface area contributed by atoms with Gasteiger partial charge in [-0.2, -0.15) is 0 Å². The minimum atomic E-state index is 0.125. The third-order valence-electron chi connectivity index (χ3n) is 3.73. The van der Waals surface area contributed by atoms with Gasteiger partial charge in [0.15, 0.2) is 14.5 Å². The highest BCUT2D eigenvalue weighted by molar-refractivity contribution is 8.03. The Morgan fingerprint density at radius 1 is 1.12 bits per heavy atom. The van der Waals surface area contributed by atoms with Crippen LogP contribution in [0.25, 0.3) is 5.69 Å². The molecule has 0 unspecified atom stereocenters. The van der Waals surface area contributed by atoms with Crippen molar-refractivity contribution in [1.29, 1.82) is 0 Å². The standard InChI is InChI=1S/C18H19N3OS3/c1-4-23-17-19-20-18(25-17)24-11-16(22)15-10-12(2)21(13(15)3)14-8-6-5-7-9-14/h5-10H,4,11H2,1-3H3. The number of nitrogens with zero attached hydrogens (tertiary/aromatic N) is 3. The van der Waals surface area contributed by atoms with Gasteiger partial charge in [-0.1, -0.05) is 60.0 Å². The molecule has 2 heterocycles. The first-order chi connectivity index (χ1) is 12.1. The third-order valence-corrected chi connectivity index (χ3v) is 6.80. The molecule has 0 atom stereocenters. The zero-order valence-corrected chi connectivity index (χ0v) is 16.8. The first-order valence-corrected chi connectivity index (χ1v) is 10.8. The Morgan fingerprint density at radius 3 is 2.48 bits per heavy atom. The molecule has 0 aliphatic carbocycles. The third kappa shape index (κ3) is 4.16. The van der Waals surface area contributed by atoms with Gasteiger partial charge in [-0.05, 0) is 37.8 Å². The molecule has 0 amide bonds. The van der Waals surface area contributed by atoms with E-state index in [0.717, 1.165) is 37.1 Å². The summed E-state index contributed by atoms with van der Waals surface area (Å²) in [6.07, 6.45) is 0. The number of ketones is 1. The Morgan fingerprint density at radius 2 is 1.80 bits per heavy atom.